The number of aromatic nitrogens is 4. The first-order valence-corrected chi connectivity index (χ1v) is 12.5. The Morgan fingerprint density at radius 3 is 1.57 bits per heavy atom. The van der Waals surface area contributed by atoms with E-state index in [0.29, 0.717) is 17.2 Å². The van der Waals surface area contributed by atoms with Crippen molar-refractivity contribution in [2.24, 2.45) is 0 Å². The van der Waals surface area contributed by atoms with E-state index in [0.717, 1.165) is 35.4 Å². The van der Waals surface area contributed by atoms with Crippen LogP contribution < -0.4 is 11.1 Å². The first kappa shape index (κ1) is 17.8. The van der Waals surface area contributed by atoms with Gasteiger partial charge in [0.2, 0.25) is 0 Å². The van der Waals surface area contributed by atoms with Crippen LogP contribution in [0, 0.1) is 0 Å². The third-order valence-corrected chi connectivity index (χ3v) is 6.87. The zero-order valence-corrected chi connectivity index (χ0v) is 17.9. The van der Waals surface area contributed by atoms with Crippen molar-refractivity contribution >= 4 is 28.3 Å². The second-order valence-electron chi connectivity index (χ2n) is 7.03. The summed E-state index contributed by atoms with van der Waals surface area (Å²) in [6, 6.07) is 13.6. The molecule has 0 saturated carbocycles. The van der Waals surface area contributed by atoms with Crippen LogP contribution in [0.1, 0.15) is 11.1 Å². The minimum Gasteiger partial charge on any atom is -0.339 e. The summed E-state index contributed by atoms with van der Waals surface area (Å²) in [7, 11) is 1.39. The van der Waals surface area contributed by atoms with Crippen molar-refractivity contribution < 1.29 is 0 Å². The Balaban J connectivity index is 1.50. The molecule has 2 aromatic heterocycles. The van der Waals surface area contributed by atoms with Crippen LogP contribution in [0.2, 0.25) is 0 Å². The lowest BCUT2D eigenvalue weighted by molar-refractivity contribution is 0.942. The minimum absolute atomic E-state index is 0.693. The Hall–Kier alpha value is -2.28. The van der Waals surface area contributed by atoms with E-state index in [1.54, 1.807) is 0 Å². The van der Waals surface area contributed by atoms with Gasteiger partial charge in [-0.25, -0.2) is 9.97 Å². The third-order valence-electron chi connectivity index (χ3n) is 5.41. The van der Waals surface area contributed by atoms with Crippen molar-refractivity contribution in [3.05, 3.63) is 59.9 Å². The number of rotatable bonds is 4. The van der Waals surface area contributed by atoms with E-state index in [9.17, 15) is 0 Å². The Kier molecular flexibility index (Phi) is 4.62. The SMILES string of the molecule is CPc1ncc(-c2ccc3c(c2)CCc2cc(-c4cnc(PC)[nH]4)ccc2-3)[nH]1. The lowest BCUT2D eigenvalue weighted by Crippen LogP contribution is -2.05. The Labute approximate surface area is 168 Å². The van der Waals surface area contributed by atoms with Crippen LogP contribution in [-0.4, -0.2) is 33.3 Å². The van der Waals surface area contributed by atoms with Gasteiger partial charge in [-0.1, -0.05) is 41.4 Å². The Bertz CT molecular complexity index is 1070. The average molecular weight is 404 g/mol. The summed E-state index contributed by atoms with van der Waals surface area (Å²) in [4.78, 5) is 15.8. The predicted molar refractivity (Wildman–Crippen MR) is 122 cm³/mol. The molecular weight excluding hydrogens is 382 g/mol. The van der Waals surface area contributed by atoms with Gasteiger partial charge in [0.1, 0.15) is 11.1 Å². The lowest BCUT2D eigenvalue weighted by atomic mass is 9.83. The fourth-order valence-electron chi connectivity index (χ4n) is 3.92. The smallest absolute Gasteiger partial charge is 0.125 e. The monoisotopic (exact) mass is 404 g/mol. The van der Waals surface area contributed by atoms with Crippen molar-refractivity contribution in [2.75, 3.05) is 13.3 Å². The van der Waals surface area contributed by atoms with Gasteiger partial charge >= 0.3 is 0 Å². The number of aryl methyl sites for hydroxylation is 2. The second kappa shape index (κ2) is 7.28. The molecule has 4 nitrogen and oxygen atoms in total. The van der Waals surface area contributed by atoms with Crippen LogP contribution in [0.3, 0.4) is 0 Å². The first-order chi connectivity index (χ1) is 13.7. The molecule has 2 unspecified atom stereocenters. The highest BCUT2D eigenvalue weighted by Gasteiger charge is 2.18. The molecular formula is C22H22N4P2. The number of hydrogen-bond acceptors (Lipinski definition) is 2. The molecule has 1 aliphatic rings. The molecule has 6 heteroatoms. The highest BCUT2D eigenvalue weighted by molar-refractivity contribution is 7.45. The summed E-state index contributed by atoms with van der Waals surface area (Å²) < 4.78 is 0. The van der Waals surface area contributed by atoms with Gasteiger partial charge in [-0.05, 0) is 71.7 Å². The van der Waals surface area contributed by atoms with Gasteiger partial charge in [-0.15, -0.1) is 0 Å². The number of benzene rings is 2. The van der Waals surface area contributed by atoms with Crippen LogP contribution >= 0.6 is 17.2 Å². The maximum absolute atomic E-state index is 4.45. The molecule has 0 saturated heterocycles. The molecule has 4 aromatic rings. The number of imidazole rings is 2. The van der Waals surface area contributed by atoms with E-state index >= 15 is 0 Å². The van der Waals surface area contributed by atoms with E-state index in [1.165, 1.54) is 33.4 Å². The lowest BCUT2D eigenvalue weighted by Gasteiger charge is -2.21. The number of aromatic amines is 2. The van der Waals surface area contributed by atoms with Gasteiger partial charge < -0.3 is 9.97 Å². The van der Waals surface area contributed by atoms with Gasteiger partial charge in [0.25, 0.3) is 0 Å². The molecule has 2 atom stereocenters. The number of nitrogens with one attached hydrogen (secondary N) is 2. The molecule has 0 bridgehead atoms. The van der Waals surface area contributed by atoms with E-state index in [1.807, 2.05) is 12.4 Å². The van der Waals surface area contributed by atoms with Crippen molar-refractivity contribution in [2.45, 2.75) is 12.8 Å². The van der Waals surface area contributed by atoms with E-state index in [2.05, 4.69) is 69.7 Å². The van der Waals surface area contributed by atoms with Crippen LogP contribution in [-0.2, 0) is 12.8 Å². The summed E-state index contributed by atoms with van der Waals surface area (Å²) >= 11 is 0. The maximum atomic E-state index is 4.45. The summed E-state index contributed by atoms with van der Waals surface area (Å²) in [5.41, 5.74) is 12.4. The molecule has 140 valence electrons. The summed E-state index contributed by atoms with van der Waals surface area (Å²) in [5, 5.41) is 0. The highest BCUT2D eigenvalue weighted by atomic mass is 31.1. The fourth-order valence-corrected chi connectivity index (χ4v) is 4.83. The van der Waals surface area contributed by atoms with Gasteiger partial charge in [0, 0.05) is 0 Å². The molecule has 1 aliphatic carbocycles. The summed E-state index contributed by atoms with van der Waals surface area (Å²) in [6.45, 7) is 4.29. The number of fused-ring (bicyclic) bond motifs is 3. The van der Waals surface area contributed by atoms with Crippen LogP contribution in [0.25, 0.3) is 33.6 Å². The van der Waals surface area contributed by atoms with E-state index in [4.69, 9.17) is 0 Å². The van der Waals surface area contributed by atoms with E-state index in [-0.39, 0.29) is 0 Å². The second-order valence-corrected chi connectivity index (χ2v) is 8.98. The number of H-pyrrole nitrogens is 2. The fraction of sp³-hybridized carbons (Fsp3) is 0.182. The van der Waals surface area contributed by atoms with Gasteiger partial charge in [0.15, 0.2) is 0 Å². The van der Waals surface area contributed by atoms with Crippen LogP contribution in [0.4, 0.5) is 0 Å². The van der Waals surface area contributed by atoms with Gasteiger partial charge in [0.05, 0.1) is 23.8 Å². The predicted octanol–water partition coefficient (Wildman–Crippen LogP) is 4.10. The van der Waals surface area contributed by atoms with Crippen LogP contribution in [0.15, 0.2) is 48.8 Å². The maximum Gasteiger partial charge on any atom is 0.125 e. The molecule has 0 spiro atoms. The Morgan fingerprint density at radius 2 is 1.18 bits per heavy atom. The molecule has 2 heterocycles. The number of hydrogen-bond donors (Lipinski definition) is 2. The molecule has 0 radical (unpaired) electrons. The third kappa shape index (κ3) is 3.11. The molecule has 2 aromatic carbocycles. The zero-order chi connectivity index (χ0) is 19.1. The quantitative estimate of drug-likeness (QED) is 0.503. The largest absolute Gasteiger partial charge is 0.339 e. The molecule has 0 aliphatic heterocycles. The van der Waals surface area contributed by atoms with Crippen molar-refractivity contribution in [1.82, 2.24) is 19.9 Å². The average Bonchev–Trinajstić information content (AvgIpc) is 3.42. The molecule has 28 heavy (non-hydrogen) atoms. The Morgan fingerprint density at radius 1 is 0.714 bits per heavy atom. The zero-order valence-electron chi connectivity index (χ0n) is 15.9. The normalized spacial score (nSPS) is 13.5. The highest BCUT2D eigenvalue weighted by Crippen LogP contribution is 2.37. The molecule has 5 rings (SSSR count). The summed E-state index contributed by atoms with van der Waals surface area (Å²) in [5.74, 6) is 0. The van der Waals surface area contributed by atoms with E-state index < -0.39 is 0 Å². The van der Waals surface area contributed by atoms with Gasteiger partial charge in [-0.2, -0.15) is 0 Å². The van der Waals surface area contributed by atoms with Gasteiger partial charge in [-0.3, -0.25) is 0 Å². The molecule has 0 fully saturated rings. The van der Waals surface area contributed by atoms with Crippen molar-refractivity contribution in [3.63, 3.8) is 0 Å². The molecule has 0 amide bonds. The van der Waals surface area contributed by atoms with Crippen LogP contribution in [0.5, 0.6) is 0 Å². The summed E-state index contributed by atoms with van der Waals surface area (Å²) in [6.07, 6.45) is 6.04. The number of nitrogens with zero attached hydrogens (tertiary/aromatic N) is 2. The standard InChI is InChI=1S/C22H22N4P2/c1-27-21-23-11-19(25-21)15-5-7-17-13(9-15)3-4-14-10-16(6-8-18(14)17)20-12-24-22(26-20)28-2/h5-12,27-28H,3-4H2,1-2H3,(H,23,25)(H,24,26). The van der Waals surface area contributed by atoms with Crippen molar-refractivity contribution in [3.8, 4) is 33.6 Å². The topological polar surface area (TPSA) is 57.4 Å². The minimum atomic E-state index is 0.693. The molecule has 2 N–H and O–H groups in total. The first-order valence-electron chi connectivity index (χ1n) is 9.47. The van der Waals surface area contributed by atoms with Crippen molar-refractivity contribution in [1.29, 1.82) is 0 Å².